The Hall–Kier alpha value is -2.00. The molecule has 0 spiro atoms. The van der Waals surface area contributed by atoms with Gasteiger partial charge in [0.15, 0.2) is 0 Å². The van der Waals surface area contributed by atoms with E-state index in [1.54, 1.807) is 18.2 Å². The van der Waals surface area contributed by atoms with Crippen molar-refractivity contribution in [2.45, 2.75) is 13.8 Å². The standard InChI is InChI=1S/C15H15ClN2O/c1-9-6-7-11(16)8-12(9)15(19)18-14-5-3-4-13(17)10(14)2/h3-8H,17H2,1-2H3,(H,18,19). The summed E-state index contributed by atoms with van der Waals surface area (Å²) in [7, 11) is 0. The predicted molar refractivity (Wildman–Crippen MR) is 79.7 cm³/mol. The fraction of sp³-hybridized carbons (Fsp3) is 0.133. The molecule has 0 bridgehead atoms. The van der Waals surface area contributed by atoms with Crippen molar-refractivity contribution >= 4 is 28.9 Å². The molecule has 0 aliphatic carbocycles. The highest BCUT2D eigenvalue weighted by atomic mass is 35.5. The largest absolute Gasteiger partial charge is 0.398 e. The first-order valence-corrected chi connectivity index (χ1v) is 6.29. The van der Waals surface area contributed by atoms with Crippen LogP contribution in [0, 0.1) is 13.8 Å². The van der Waals surface area contributed by atoms with Gasteiger partial charge >= 0.3 is 0 Å². The van der Waals surface area contributed by atoms with Crippen molar-refractivity contribution in [1.82, 2.24) is 0 Å². The van der Waals surface area contributed by atoms with Crippen LogP contribution in [0.15, 0.2) is 36.4 Å². The SMILES string of the molecule is Cc1ccc(Cl)cc1C(=O)Nc1cccc(N)c1C. The van der Waals surface area contributed by atoms with Crippen LogP contribution in [-0.2, 0) is 0 Å². The van der Waals surface area contributed by atoms with Crippen LogP contribution in [0.3, 0.4) is 0 Å². The molecule has 0 saturated heterocycles. The Labute approximate surface area is 117 Å². The maximum Gasteiger partial charge on any atom is 0.255 e. The molecule has 3 N–H and O–H groups in total. The van der Waals surface area contributed by atoms with E-state index in [-0.39, 0.29) is 5.91 Å². The Bertz CT molecular complexity index is 638. The second-order valence-electron chi connectivity index (χ2n) is 4.43. The first kappa shape index (κ1) is 13.4. The molecule has 0 aliphatic rings. The zero-order valence-corrected chi connectivity index (χ0v) is 11.6. The predicted octanol–water partition coefficient (Wildman–Crippen LogP) is 3.79. The van der Waals surface area contributed by atoms with E-state index in [9.17, 15) is 4.79 Å². The van der Waals surface area contributed by atoms with Gasteiger partial charge < -0.3 is 11.1 Å². The molecule has 98 valence electrons. The number of hydrogen-bond donors (Lipinski definition) is 2. The number of hydrogen-bond acceptors (Lipinski definition) is 2. The lowest BCUT2D eigenvalue weighted by atomic mass is 10.1. The van der Waals surface area contributed by atoms with Gasteiger partial charge in [0.1, 0.15) is 0 Å². The minimum atomic E-state index is -0.186. The maximum absolute atomic E-state index is 12.2. The first-order chi connectivity index (χ1) is 8.99. The summed E-state index contributed by atoms with van der Waals surface area (Å²) in [6.07, 6.45) is 0. The first-order valence-electron chi connectivity index (χ1n) is 5.91. The van der Waals surface area contributed by atoms with Crippen LogP contribution in [-0.4, -0.2) is 5.91 Å². The molecule has 2 aromatic carbocycles. The summed E-state index contributed by atoms with van der Waals surface area (Å²) >= 11 is 5.92. The van der Waals surface area contributed by atoms with Gasteiger partial charge in [-0.25, -0.2) is 0 Å². The average molecular weight is 275 g/mol. The van der Waals surface area contributed by atoms with Crippen molar-refractivity contribution in [2.75, 3.05) is 11.1 Å². The van der Waals surface area contributed by atoms with E-state index >= 15 is 0 Å². The average Bonchev–Trinajstić information content (AvgIpc) is 2.38. The van der Waals surface area contributed by atoms with Crippen LogP contribution in [0.25, 0.3) is 0 Å². The van der Waals surface area contributed by atoms with E-state index in [4.69, 9.17) is 17.3 Å². The lowest BCUT2D eigenvalue weighted by Crippen LogP contribution is -2.14. The van der Waals surface area contributed by atoms with Gasteiger partial charge in [0.25, 0.3) is 5.91 Å². The van der Waals surface area contributed by atoms with Gasteiger partial charge in [-0.2, -0.15) is 0 Å². The number of nitrogen functional groups attached to an aromatic ring is 1. The molecule has 0 radical (unpaired) electrons. The molecule has 19 heavy (non-hydrogen) atoms. The van der Waals surface area contributed by atoms with Gasteiger partial charge in [-0.15, -0.1) is 0 Å². The highest BCUT2D eigenvalue weighted by molar-refractivity contribution is 6.31. The second-order valence-corrected chi connectivity index (χ2v) is 4.87. The normalized spacial score (nSPS) is 10.3. The Kier molecular flexibility index (Phi) is 3.76. The van der Waals surface area contributed by atoms with Crippen molar-refractivity contribution in [1.29, 1.82) is 0 Å². The van der Waals surface area contributed by atoms with E-state index in [0.29, 0.717) is 22.0 Å². The van der Waals surface area contributed by atoms with Crippen molar-refractivity contribution in [3.63, 3.8) is 0 Å². The van der Waals surface area contributed by atoms with Crippen molar-refractivity contribution in [2.24, 2.45) is 0 Å². The monoisotopic (exact) mass is 274 g/mol. The second kappa shape index (κ2) is 5.33. The number of nitrogens with two attached hydrogens (primary N) is 1. The fourth-order valence-corrected chi connectivity index (χ4v) is 1.99. The van der Waals surface area contributed by atoms with Crippen LogP contribution in [0.4, 0.5) is 11.4 Å². The van der Waals surface area contributed by atoms with Gasteiger partial charge in [-0.1, -0.05) is 23.7 Å². The third kappa shape index (κ3) is 2.88. The third-order valence-electron chi connectivity index (χ3n) is 3.07. The number of benzene rings is 2. The summed E-state index contributed by atoms with van der Waals surface area (Å²) in [5.74, 6) is -0.186. The number of aryl methyl sites for hydroxylation is 1. The molecule has 0 unspecified atom stereocenters. The van der Waals surface area contributed by atoms with E-state index in [1.807, 2.05) is 32.0 Å². The molecule has 0 aliphatic heterocycles. The van der Waals surface area contributed by atoms with E-state index < -0.39 is 0 Å². The molecular formula is C15H15ClN2O. The van der Waals surface area contributed by atoms with Gasteiger partial charge in [-0.05, 0) is 49.2 Å². The number of anilines is 2. The number of carbonyl (C=O) groups excluding carboxylic acids is 1. The Morgan fingerprint density at radius 2 is 1.95 bits per heavy atom. The van der Waals surface area contributed by atoms with Gasteiger partial charge in [0.2, 0.25) is 0 Å². The summed E-state index contributed by atoms with van der Waals surface area (Å²) in [5.41, 5.74) is 9.48. The highest BCUT2D eigenvalue weighted by Crippen LogP contribution is 2.22. The molecule has 0 heterocycles. The summed E-state index contributed by atoms with van der Waals surface area (Å²) in [6.45, 7) is 3.74. The molecule has 0 saturated carbocycles. The highest BCUT2D eigenvalue weighted by Gasteiger charge is 2.11. The number of carbonyl (C=O) groups is 1. The van der Waals surface area contributed by atoms with E-state index in [2.05, 4.69) is 5.32 Å². The Morgan fingerprint density at radius 3 is 2.68 bits per heavy atom. The van der Waals surface area contributed by atoms with Gasteiger partial charge in [-0.3, -0.25) is 4.79 Å². The molecule has 1 amide bonds. The van der Waals surface area contributed by atoms with Crippen LogP contribution >= 0.6 is 11.6 Å². The molecule has 3 nitrogen and oxygen atoms in total. The zero-order valence-electron chi connectivity index (χ0n) is 10.8. The van der Waals surface area contributed by atoms with Crippen LogP contribution in [0.1, 0.15) is 21.5 Å². The molecule has 2 rings (SSSR count). The van der Waals surface area contributed by atoms with Gasteiger partial charge in [0.05, 0.1) is 0 Å². The third-order valence-corrected chi connectivity index (χ3v) is 3.30. The number of halogens is 1. The number of amides is 1. The van der Waals surface area contributed by atoms with Gasteiger partial charge in [0, 0.05) is 22.0 Å². The molecule has 4 heteroatoms. The Balaban J connectivity index is 2.31. The zero-order chi connectivity index (χ0) is 14.0. The molecule has 0 atom stereocenters. The lowest BCUT2D eigenvalue weighted by Gasteiger charge is -2.11. The smallest absolute Gasteiger partial charge is 0.255 e. The van der Waals surface area contributed by atoms with Crippen molar-refractivity contribution < 1.29 is 4.79 Å². The number of nitrogens with one attached hydrogen (secondary N) is 1. The van der Waals surface area contributed by atoms with E-state index in [0.717, 1.165) is 11.1 Å². The fourth-order valence-electron chi connectivity index (χ4n) is 1.82. The maximum atomic E-state index is 12.2. The summed E-state index contributed by atoms with van der Waals surface area (Å²) in [5, 5.41) is 3.40. The van der Waals surface area contributed by atoms with Crippen LogP contribution < -0.4 is 11.1 Å². The molecule has 2 aromatic rings. The minimum Gasteiger partial charge on any atom is -0.398 e. The molecule has 0 aromatic heterocycles. The quantitative estimate of drug-likeness (QED) is 0.819. The van der Waals surface area contributed by atoms with E-state index in [1.165, 1.54) is 0 Å². The summed E-state index contributed by atoms with van der Waals surface area (Å²) in [4.78, 5) is 12.2. The van der Waals surface area contributed by atoms with Crippen molar-refractivity contribution in [3.05, 3.63) is 58.1 Å². The topological polar surface area (TPSA) is 55.1 Å². The lowest BCUT2D eigenvalue weighted by molar-refractivity contribution is 0.102. The van der Waals surface area contributed by atoms with Crippen LogP contribution in [0.2, 0.25) is 5.02 Å². The van der Waals surface area contributed by atoms with Crippen LogP contribution in [0.5, 0.6) is 0 Å². The summed E-state index contributed by atoms with van der Waals surface area (Å²) < 4.78 is 0. The molecule has 0 fully saturated rings. The minimum absolute atomic E-state index is 0.186. The Morgan fingerprint density at radius 1 is 1.21 bits per heavy atom. The number of rotatable bonds is 2. The molecular weight excluding hydrogens is 260 g/mol. The summed E-state index contributed by atoms with van der Waals surface area (Å²) in [6, 6.07) is 10.7. The van der Waals surface area contributed by atoms with Crippen molar-refractivity contribution in [3.8, 4) is 0 Å².